The van der Waals surface area contributed by atoms with Crippen LogP contribution in [0, 0.1) is 16.7 Å². The molecular formula is C13H13N3O. The van der Waals surface area contributed by atoms with Crippen molar-refractivity contribution in [3.8, 4) is 6.07 Å². The number of nitrogens with zero attached hydrogens (tertiary/aromatic N) is 1. The number of nitrogens with one attached hydrogen (secondary N) is 2. The van der Waals surface area contributed by atoms with E-state index in [9.17, 15) is 4.79 Å². The summed E-state index contributed by atoms with van der Waals surface area (Å²) in [6, 6.07) is 7.56. The number of carbonyl (C=O) groups excluding carboxylic acids is 1. The Kier molecular flexibility index (Phi) is 2.08. The van der Waals surface area contributed by atoms with Crippen molar-refractivity contribution >= 4 is 17.3 Å². The van der Waals surface area contributed by atoms with Gasteiger partial charge in [-0.2, -0.15) is 5.26 Å². The van der Waals surface area contributed by atoms with Gasteiger partial charge in [0.25, 0.3) is 0 Å². The number of nitriles is 1. The number of hydrogen-bond donors (Lipinski definition) is 2. The summed E-state index contributed by atoms with van der Waals surface area (Å²) in [6.45, 7) is 0.667. The number of hydrogen-bond acceptors (Lipinski definition) is 3. The number of amides is 1. The Bertz CT molecular complexity index is 526. The van der Waals surface area contributed by atoms with E-state index in [2.05, 4.69) is 16.7 Å². The Hall–Kier alpha value is -2.02. The van der Waals surface area contributed by atoms with Gasteiger partial charge in [0.1, 0.15) is 6.07 Å². The molecule has 86 valence electrons. The molecule has 1 heterocycles. The number of rotatable bonds is 0. The lowest BCUT2D eigenvalue weighted by Gasteiger charge is -2.38. The van der Waals surface area contributed by atoms with E-state index >= 15 is 0 Å². The lowest BCUT2D eigenvalue weighted by Crippen LogP contribution is -2.45. The zero-order valence-electron chi connectivity index (χ0n) is 9.42. The quantitative estimate of drug-likeness (QED) is 0.713. The average molecular weight is 227 g/mol. The molecule has 0 bridgehead atoms. The number of carbonyl (C=O) groups is 1. The van der Waals surface area contributed by atoms with Gasteiger partial charge in [-0.15, -0.1) is 0 Å². The van der Waals surface area contributed by atoms with Crippen LogP contribution in [0.25, 0.3) is 0 Å². The summed E-state index contributed by atoms with van der Waals surface area (Å²) in [4.78, 5) is 12.2. The maximum absolute atomic E-state index is 12.2. The first-order valence-corrected chi connectivity index (χ1v) is 5.84. The summed E-state index contributed by atoms with van der Waals surface area (Å²) >= 11 is 0. The smallest absolute Gasteiger partial charge is 0.232 e. The Labute approximate surface area is 99.6 Å². The molecule has 4 heteroatoms. The molecule has 1 amide bonds. The lowest BCUT2D eigenvalue weighted by atomic mass is 9.68. The molecule has 1 aromatic rings. The largest absolute Gasteiger partial charge is 0.382 e. The van der Waals surface area contributed by atoms with E-state index in [1.54, 1.807) is 6.07 Å². The molecule has 1 aliphatic heterocycles. The molecule has 0 unspecified atom stereocenters. The zero-order valence-corrected chi connectivity index (χ0v) is 9.42. The Morgan fingerprint density at radius 3 is 2.82 bits per heavy atom. The van der Waals surface area contributed by atoms with Crippen molar-refractivity contribution in [1.29, 1.82) is 5.26 Å². The van der Waals surface area contributed by atoms with Gasteiger partial charge in [-0.25, -0.2) is 0 Å². The third-order valence-corrected chi connectivity index (χ3v) is 3.83. The third kappa shape index (κ3) is 1.39. The number of para-hydroxylation sites is 1. The summed E-state index contributed by atoms with van der Waals surface area (Å²) in [5, 5.41) is 15.2. The van der Waals surface area contributed by atoms with E-state index in [0.717, 1.165) is 24.9 Å². The summed E-state index contributed by atoms with van der Waals surface area (Å²) < 4.78 is 0. The van der Waals surface area contributed by atoms with Crippen molar-refractivity contribution in [2.45, 2.75) is 19.3 Å². The Morgan fingerprint density at radius 2 is 2.18 bits per heavy atom. The molecule has 1 aliphatic carbocycles. The van der Waals surface area contributed by atoms with Crippen LogP contribution in [0.5, 0.6) is 0 Å². The second-order valence-electron chi connectivity index (χ2n) is 4.78. The Balaban J connectivity index is 2.03. The summed E-state index contributed by atoms with van der Waals surface area (Å²) in [5.41, 5.74) is 1.73. The second-order valence-corrected chi connectivity index (χ2v) is 4.78. The first-order chi connectivity index (χ1) is 8.25. The van der Waals surface area contributed by atoms with Crippen molar-refractivity contribution in [2.75, 3.05) is 17.2 Å². The normalized spacial score (nSPS) is 20.3. The molecule has 1 saturated carbocycles. The van der Waals surface area contributed by atoms with Gasteiger partial charge >= 0.3 is 0 Å². The molecule has 3 rings (SSSR count). The van der Waals surface area contributed by atoms with Crippen LogP contribution in [0.15, 0.2) is 18.2 Å². The van der Waals surface area contributed by atoms with Gasteiger partial charge in [-0.1, -0.05) is 12.5 Å². The average Bonchev–Trinajstić information content (AvgIpc) is 2.43. The van der Waals surface area contributed by atoms with E-state index in [1.807, 2.05) is 12.1 Å². The fourth-order valence-electron chi connectivity index (χ4n) is 2.53. The molecule has 0 atom stereocenters. The minimum Gasteiger partial charge on any atom is -0.382 e. The van der Waals surface area contributed by atoms with Gasteiger partial charge in [-0.3, -0.25) is 4.79 Å². The number of fused-ring (bicyclic) bond motifs is 1. The van der Waals surface area contributed by atoms with Gasteiger partial charge < -0.3 is 10.6 Å². The summed E-state index contributed by atoms with van der Waals surface area (Å²) in [7, 11) is 0. The highest BCUT2D eigenvalue weighted by Crippen LogP contribution is 2.44. The highest BCUT2D eigenvalue weighted by Gasteiger charge is 2.45. The molecule has 2 N–H and O–H groups in total. The van der Waals surface area contributed by atoms with Gasteiger partial charge in [0.15, 0.2) is 0 Å². The molecule has 2 aliphatic rings. The van der Waals surface area contributed by atoms with Crippen LogP contribution in [-0.2, 0) is 4.79 Å². The van der Waals surface area contributed by atoms with Crippen molar-refractivity contribution in [3.05, 3.63) is 23.8 Å². The number of anilines is 2. The minimum atomic E-state index is -0.258. The number of benzene rings is 1. The van der Waals surface area contributed by atoms with Crippen LogP contribution < -0.4 is 10.6 Å². The van der Waals surface area contributed by atoms with Gasteiger partial charge in [-0.05, 0) is 25.0 Å². The predicted molar refractivity (Wildman–Crippen MR) is 64.6 cm³/mol. The first kappa shape index (κ1) is 10.2. The van der Waals surface area contributed by atoms with Crippen molar-refractivity contribution < 1.29 is 4.79 Å². The standard InChI is InChI=1S/C13H13N3O/c14-7-9-3-1-4-10-11(9)16-12(17)13(8-15-10)5-2-6-13/h1,3-4,15H,2,5-6,8H2,(H,16,17). The van der Waals surface area contributed by atoms with Gasteiger partial charge in [0.2, 0.25) is 5.91 Å². The summed E-state index contributed by atoms with van der Waals surface area (Å²) in [6.07, 6.45) is 2.97. The van der Waals surface area contributed by atoms with E-state index in [1.165, 1.54) is 0 Å². The molecule has 1 spiro atoms. The molecule has 17 heavy (non-hydrogen) atoms. The fourth-order valence-corrected chi connectivity index (χ4v) is 2.53. The maximum atomic E-state index is 12.2. The summed E-state index contributed by atoms with van der Waals surface area (Å²) in [5.74, 6) is 0.0534. The molecule has 0 aromatic heterocycles. The van der Waals surface area contributed by atoms with E-state index in [-0.39, 0.29) is 11.3 Å². The van der Waals surface area contributed by atoms with Crippen LogP contribution in [0.4, 0.5) is 11.4 Å². The second kappa shape index (κ2) is 3.49. The van der Waals surface area contributed by atoms with Crippen molar-refractivity contribution in [3.63, 3.8) is 0 Å². The predicted octanol–water partition coefficient (Wildman–Crippen LogP) is 2.09. The van der Waals surface area contributed by atoms with Crippen LogP contribution in [0.3, 0.4) is 0 Å². The van der Waals surface area contributed by atoms with Crippen LogP contribution >= 0.6 is 0 Å². The zero-order chi connectivity index (χ0) is 11.9. The SMILES string of the molecule is N#Cc1cccc2c1NC(=O)C1(CCC1)CN2. The topological polar surface area (TPSA) is 64.9 Å². The van der Waals surface area contributed by atoms with Crippen LogP contribution in [0.1, 0.15) is 24.8 Å². The lowest BCUT2D eigenvalue weighted by molar-refractivity contribution is -0.129. The molecule has 1 aromatic carbocycles. The fraction of sp³-hybridized carbons (Fsp3) is 0.385. The molecule has 0 saturated heterocycles. The Morgan fingerprint density at radius 1 is 1.35 bits per heavy atom. The monoisotopic (exact) mass is 227 g/mol. The minimum absolute atomic E-state index is 0.0534. The first-order valence-electron chi connectivity index (χ1n) is 5.84. The highest BCUT2D eigenvalue weighted by atomic mass is 16.2. The maximum Gasteiger partial charge on any atom is 0.232 e. The van der Waals surface area contributed by atoms with Gasteiger partial charge in [0.05, 0.1) is 22.4 Å². The van der Waals surface area contributed by atoms with Crippen LogP contribution in [0.2, 0.25) is 0 Å². The van der Waals surface area contributed by atoms with Gasteiger partial charge in [0, 0.05) is 6.54 Å². The molecule has 1 fully saturated rings. The van der Waals surface area contributed by atoms with Crippen molar-refractivity contribution in [1.82, 2.24) is 0 Å². The van der Waals surface area contributed by atoms with Crippen LogP contribution in [-0.4, -0.2) is 12.5 Å². The molecular weight excluding hydrogens is 214 g/mol. The molecule has 4 nitrogen and oxygen atoms in total. The highest BCUT2D eigenvalue weighted by molar-refractivity contribution is 6.01. The van der Waals surface area contributed by atoms with Crippen molar-refractivity contribution in [2.24, 2.45) is 5.41 Å². The third-order valence-electron chi connectivity index (χ3n) is 3.83. The van der Waals surface area contributed by atoms with E-state index in [4.69, 9.17) is 5.26 Å². The van der Waals surface area contributed by atoms with E-state index in [0.29, 0.717) is 17.8 Å². The van der Waals surface area contributed by atoms with E-state index < -0.39 is 0 Å². The molecule has 0 radical (unpaired) electrons.